The Kier molecular flexibility index (Phi) is 7.12. The highest BCUT2D eigenvalue weighted by molar-refractivity contribution is 5.91. The van der Waals surface area contributed by atoms with Crippen LogP contribution in [0.25, 0.3) is 0 Å². The van der Waals surface area contributed by atoms with E-state index >= 15 is 0 Å². The van der Waals surface area contributed by atoms with Crippen LogP contribution in [0.3, 0.4) is 0 Å². The molecule has 1 atom stereocenters. The van der Waals surface area contributed by atoms with Gasteiger partial charge in [-0.25, -0.2) is 0 Å². The van der Waals surface area contributed by atoms with E-state index in [1.165, 1.54) is 11.8 Å². The monoisotopic (exact) mass is 382 g/mol. The van der Waals surface area contributed by atoms with E-state index in [0.717, 1.165) is 38.6 Å². The molecule has 0 bridgehead atoms. The molecule has 6 nitrogen and oxygen atoms in total. The topological polar surface area (TPSA) is 61.1 Å². The summed E-state index contributed by atoms with van der Waals surface area (Å²) in [6, 6.07) is 14.0. The largest absolute Gasteiger partial charge is 0.459 e. The lowest BCUT2D eigenvalue weighted by molar-refractivity contribution is 0.0657. The molecule has 0 saturated carbocycles. The van der Waals surface area contributed by atoms with Crippen molar-refractivity contribution in [2.45, 2.75) is 26.2 Å². The molecule has 1 N–H and O–H groups in total. The molecule has 150 valence electrons. The molecule has 1 aliphatic heterocycles. The van der Waals surface area contributed by atoms with Gasteiger partial charge in [-0.3, -0.25) is 9.79 Å². The van der Waals surface area contributed by atoms with Crippen LogP contribution in [0, 0.1) is 0 Å². The predicted molar refractivity (Wildman–Crippen MR) is 112 cm³/mol. The second-order valence-corrected chi connectivity index (χ2v) is 7.09. The third kappa shape index (κ3) is 5.15. The summed E-state index contributed by atoms with van der Waals surface area (Å²) in [6.07, 6.45) is 2.55. The molecule has 1 amide bonds. The van der Waals surface area contributed by atoms with Crippen LogP contribution in [0.5, 0.6) is 0 Å². The van der Waals surface area contributed by atoms with Gasteiger partial charge in [-0.05, 0) is 37.0 Å². The number of carbonyl (C=O) groups is 1. The minimum absolute atomic E-state index is 0.0386. The highest BCUT2D eigenvalue weighted by Gasteiger charge is 2.25. The number of furan rings is 1. The molecule has 1 aliphatic rings. The molecule has 1 aromatic heterocycles. The fraction of sp³-hybridized carbons (Fsp3) is 0.455. The van der Waals surface area contributed by atoms with E-state index in [0.29, 0.717) is 24.8 Å². The van der Waals surface area contributed by atoms with Crippen LogP contribution >= 0.6 is 0 Å². The van der Waals surface area contributed by atoms with Crippen LogP contribution in [0.1, 0.15) is 42.3 Å². The van der Waals surface area contributed by atoms with Crippen LogP contribution in [0.4, 0.5) is 0 Å². The van der Waals surface area contributed by atoms with Crippen molar-refractivity contribution in [2.75, 3.05) is 39.3 Å². The molecule has 28 heavy (non-hydrogen) atoms. The smallest absolute Gasteiger partial charge is 0.289 e. The average molecular weight is 383 g/mol. The van der Waals surface area contributed by atoms with Gasteiger partial charge in [-0.2, -0.15) is 0 Å². The maximum absolute atomic E-state index is 12.4. The fourth-order valence-corrected chi connectivity index (χ4v) is 3.42. The van der Waals surface area contributed by atoms with Crippen LogP contribution in [0.15, 0.2) is 58.1 Å². The van der Waals surface area contributed by atoms with Crippen molar-refractivity contribution in [3.05, 3.63) is 60.1 Å². The fourth-order valence-electron chi connectivity index (χ4n) is 3.42. The standard InChI is InChI=1S/C22H30N4O2/c1-3-23-22(24-12-11-18(2)19-8-5-4-6-9-19)26-15-13-25(14-16-26)21(27)20-10-7-17-28-20/h4-10,17-18H,3,11-16H2,1-2H3,(H,23,24). The van der Waals surface area contributed by atoms with Gasteiger partial charge >= 0.3 is 0 Å². The van der Waals surface area contributed by atoms with Gasteiger partial charge in [0.2, 0.25) is 0 Å². The zero-order valence-electron chi connectivity index (χ0n) is 16.8. The average Bonchev–Trinajstić information content (AvgIpc) is 3.28. The number of piperazine rings is 1. The van der Waals surface area contributed by atoms with Crippen LogP contribution in [-0.4, -0.2) is 60.9 Å². The van der Waals surface area contributed by atoms with Crippen LogP contribution in [-0.2, 0) is 0 Å². The van der Waals surface area contributed by atoms with Crippen molar-refractivity contribution >= 4 is 11.9 Å². The first kappa shape index (κ1) is 20.0. The number of aliphatic imine (C=N–C) groups is 1. The zero-order valence-corrected chi connectivity index (χ0v) is 16.8. The Morgan fingerprint density at radius 1 is 1.11 bits per heavy atom. The first-order valence-corrected chi connectivity index (χ1v) is 10.1. The number of nitrogens with zero attached hydrogens (tertiary/aromatic N) is 3. The van der Waals surface area contributed by atoms with Gasteiger partial charge in [0, 0.05) is 39.3 Å². The number of guanidine groups is 1. The summed E-state index contributed by atoms with van der Waals surface area (Å²) in [5.74, 6) is 1.79. The summed E-state index contributed by atoms with van der Waals surface area (Å²) in [6.45, 7) is 8.83. The van der Waals surface area contributed by atoms with E-state index in [4.69, 9.17) is 9.41 Å². The number of amides is 1. The maximum atomic E-state index is 12.4. The van der Waals surface area contributed by atoms with E-state index in [1.54, 1.807) is 12.1 Å². The number of benzene rings is 1. The third-order valence-electron chi connectivity index (χ3n) is 5.13. The van der Waals surface area contributed by atoms with E-state index in [2.05, 4.69) is 48.3 Å². The van der Waals surface area contributed by atoms with Crippen molar-refractivity contribution in [2.24, 2.45) is 4.99 Å². The SMILES string of the molecule is CCNC(=NCCC(C)c1ccccc1)N1CCN(C(=O)c2ccco2)CC1. The molecule has 0 aliphatic carbocycles. The number of hydrogen-bond donors (Lipinski definition) is 1. The van der Waals surface area contributed by atoms with Gasteiger partial charge in [-0.15, -0.1) is 0 Å². The summed E-state index contributed by atoms with van der Waals surface area (Å²) in [5, 5.41) is 3.39. The molecule has 0 radical (unpaired) electrons. The Labute approximate surface area is 167 Å². The molecular formula is C22H30N4O2. The number of rotatable bonds is 6. The quantitative estimate of drug-likeness (QED) is 0.616. The number of nitrogens with one attached hydrogen (secondary N) is 1. The van der Waals surface area contributed by atoms with E-state index < -0.39 is 0 Å². The van der Waals surface area contributed by atoms with Crippen molar-refractivity contribution in [1.82, 2.24) is 15.1 Å². The molecule has 1 aromatic carbocycles. The Morgan fingerprint density at radius 2 is 1.82 bits per heavy atom. The van der Waals surface area contributed by atoms with Crippen LogP contribution < -0.4 is 5.32 Å². The minimum atomic E-state index is -0.0386. The van der Waals surface area contributed by atoms with Gasteiger partial charge in [0.1, 0.15) is 0 Å². The first-order chi connectivity index (χ1) is 13.7. The molecule has 2 aromatic rings. The molecule has 0 spiro atoms. The molecule has 3 rings (SSSR count). The lowest BCUT2D eigenvalue weighted by Crippen LogP contribution is -2.53. The van der Waals surface area contributed by atoms with Crippen LogP contribution in [0.2, 0.25) is 0 Å². The van der Waals surface area contributed by atoms with Gasteiger partial charge < -0.3 is 19.5 Å². The Balaban J connectivity index is 1.52. The summed E-state index contributed by atoms with van der Waals surface area (Å²) < 4.78 is 5.23. The van der Waals surface area contributed by atoms with E-state index in [9.17, 15) is 4.79 Å². The van der Waals surface area contributed by atoms with Crippen molar-refractivity contribution < 1.29 is 9.21 Å². The lowest BCUT2D eigenvalue weighted by Gasteiger charge is -2.36. The second kappa shape index (κ2) is 9.97. The van der Waals surface area contributed by atoms with Gasteiger partial charge in [-0.1, -0.05) is 37.3 Å². The van der Waals surface area contributed by atoms with Gasteiger partial charge in [0.15, 0.2) is 11.7 Å². The highest BCUT2D eigenvalue weighted by atomic mass is 16.3. The molecule has 1 saturated heterocycles. The summed E-state index contributed by atoms with van der Waals surface area (Å²) >= 11 is 0. The number of hydrogen-bond acceptors (Lipinski definition) is 3. The first-order valence-electron chi connectivity index (χ1n) is 10.1. The molecule has 2 heterocycles. The molecule has 1 unspecified atom stereocenters. The molecular weight excluding hydrogens is 352 g/mol. The summed E-state index contributed by atoms with van der Waals surface area (Å²) in [7, 11) is 0. The van der Waals surface area contributed by atoms with Crippen molar-refractivity contribution in [1.29, 1.82) is 0 Å². The van der Waals surface area contributed by atoms with Gasteiger partial charge in [0.05, 0.1) is 6.26 Å². The van der Waals surface area contributed by atoms with E-state index in [-0.39, 0.29) is 5.91 Å². The van der Waals surface area contributed by atoms with Crippen molar-refractivity contribution in [3.8, 4) is 0 Å². The Bertz CT molecular complexity index is 750. The highest BCUT2D eigenvalue weighted by Crippen LogP contribution is 2.18. The summed E-state index contributed by atoms with van der Waals surface area (Å²) in [4.78, 5) is 21.3. The zero-order chi connectivity index (χ0) is 19.8. The maximum Gasteiger partial charge on any atom is 0.289 e. The van der Waals surface area contributed by atoms with E-state index in [1.807, 2.05) is 11.0 Å². The summed E-state index contributed by atoms with van der Waals surface area (Å²) in [5.41, 5.74) is 1.35. The Hall–Kier alpha value is -2.76. The molecule has 1 fully saturated rings. The predicted octanol–water partition coefficient (Wildman–Crippen LogP) is 3.20. The van der Waals surface area contributed by atoms with Gasteiger partial charge in [0.25, 0.3) is 5.91 Å². The second-order valence-electron chi connectivity index (χ2n) is 7.09. The number of carbonyl (C=O) groups excluding carboxylic acids is 1. The minimum Gasteiger partial charge on any atom is -0.459 e. The van der Waals surface area contributed by atoms with Crippen molar-refractivity contribution in [3.63, 3.8) is 0 Å². The third-order valence-corrected chi connectivity index (χ3v) is 5.13. The lowest BCUT2D eigenvalue weighted by atomic mass is 9.98. The Morgan fingerprint density at radius 3 is 2.46 bits per heavy atom. The normalized spacial score (nSPS) is 16.1. The molecule has 6 heteroatoms.